The van der Waals surface area contributed by atoms with Gasteiger partial charge in [-0.2, -0.15) is 0 Å². The number of nitrogens with one attached hydrogen (secondary N) is 2. The number of rotatable bonds is 5. The summed E-state index contributed by atoms with van der Waals surface area (Å²) in [7, 11) is 3.51. The second-order valence-electron chi connectivity index (χ2n) is 7.00. The highest BCUT2D eigenvalue weighted by Gasteiger charge is 2.65. The fraction of sp³-hybridized carbons (Fsp3) is 0.750. The van der Waals surface area contributed by atoms with Gasteiger partial charge in [-0.15, -0.1) is 11.3 Å². The lowest BCUT2D eigenvalue weighted by Crippen LogP contribution is -2.40. The van der Waals surface area contributed by atoms with Crippen LogP contribution in [0.4, 0.5) is 0 Å². The van der Waals surface area contributed by atoms with Crippen molar-refractivity contribution in [3.8, 4) is 0 Å². The van der Waals surface area contributed by atoms with E-state index in [1.54, 1.807) is 25.5 Å². The predicted octanol–water partition coefficient (Wildman–Crippen LogP) is 2.95. The maximum absolute atomic E-state index is 5.29. The first-order valence-corrected chi connectivity index (χ1v) is 8.56. The molecule has 2 N–H and O–H groups in total. The van der Waals surface area contributed by atoms with Gasteiger partial charge < -0.3 is 15.4 Å². The van der Waals surface area contributed by atoms with Gasteiger partial charge in [0.05, 0.1) is 12.2 Å². The molecule has 0 saturated heterocycles. The minimum Gasteiger partial charge on any atom is -0.375 e. The molecule has 1 aromatic heterocycles. The Morgan fingerprint density at radius 2 is 2.05 bits per heavy atom. The number of ether oxygens (including phenoxy) is 1. The fourth-order valence-electron chi connectivity index (χ4n) is 2.75. The summed E-state index contributed by atoms with van der Waals surface area (Å²) in [4.78, 5) is 8.91. The predicted molar refractivity (Wildman–Crippen MR) is 92.2 cm³/mol. The summed E-state index contributed by atoms with van der Waals surface area (Å²) in [5.41, 5.74) is 1.58. The van der Waals surface area contributed by atoms with Gasteiger partial charge in [0.2, 0.25) is 0 Å². The molecule has 5 nitrogen and oxygen atoms in total. The van der Waals surface area contributed by atoms with E-state index in [0.717, 1.165) is 16.7 Å². The lowest BCUT2D eigenvalue weighted by Gasteiger charge is -2.12. The number of thiazole rings is 1. The van der Waals surface area contributed by atoms with Gasteiger partial charge in [0.15, 0.2) is 5.96 Å². The summed E-state index contributed by atoms with van der Waals surface area (Å²) in [5, 5.41) is 9.94. The Morgan fingerprint density at radius 1 is 1.41 bits per heavy atom. The summed E-state index contributed by atoms with van der Waals surface area (Å²) in [6.07, 6.45) is 0.0456. The van der Waals surface area contributed by atoms with E-state index in [1.165, 1.54) is 0 Å². The molecule has 1 fully saturated rings. The van der Waals surface area contributed by atoms with Crippen molar-refractivity contribution in [2.24, 2.45) is 15.8 Å². The molecule has 1 heterocycles. The van der Waals surface area contributed by atoms with Crippen LogP contribution in [-0.2, 0) is 11.3 Å². The Kier molecular flexibility index (Phi) is 4.82. The third-order valence-electron chi connectivity index (χ3n) is 5.23. The molecule has 1 unspecified atom stereocenters. The standard InChI is InChI=1S/C16H28N4OS/c1-10(21-7)12-19-11(9-22-12)8-18-14(17-6)20-13-15(2,3)16(13,4)5/h9-10,13H,8H2,1-7H3,(H2,17,18,20). The zero-order valence-corrected chi connectivity index (χ0v) is 15.5. The van der Waals surface area contributed by atoms with Gasteiger partial charge in [-0.3, -0.25) is 4.99 Å². The Labute approximate surface area is 137 Å². The van der Waals surface area contributed by atoms with Gasteiger partial charge in [-0.05, 0) is 17.8 Å². The first-order chi connectivity index (χ1) is 10.2. The van der Waals surface area contributed by atoms with Crippen molar-refractivity contribution in [3.05, 3.63) is 16.1 Å². The smallest absolute Gasteiger partial charge is 0.191 e. The van der Waals surface area contributed by atoms with Crippen LogP contribution in [-0.4, -0.2) is 31.1 Å². The maximum Gasteiger partial charge on any atom is 0.191 e. The van der Waals surface area contributed by atoms with E-state index >= 15 is 0 Å². The lowest BCUT2D eigenvalue weighted by atomic mass is 10.0. The van der Waals surface area contributed by atoms with Crippen LogP contribution in [0.2, 0.25) is 0 Å². The van der Waals surface area contributed by atoms with Crippen molar-refractivity contribution in [2.75, 3.05) is 14.2 Å². The largest absolute Gasteiger partial charge is 0.375 e. The van der Waals surface area contributed by atoms with Crippen LogP contribution in [0.3, 0.4) is 0 Å². The van der Waals surface area contributed by atoms with E-state index in [2.05, 4.69) is 53.7 Å². The number of hydrogen-bond acceptors (Lipinski definition) is 4. The van der Waals surface area contributed by atoms with Crippen molar-refractivity contribution in [3.63, 3.8) is 0 Å². The molecule has 1 aromatic rings. The molecule has 0 bridgehead atoms. The average molecular weight is 324 g/mol. The van der Waals surface area contributed by atoms with E-state index in [0.29, 0.717) is 12.6 Å². The van der Waals surface area contributed by atoms with Gasteiger partial charge >= 0.3 is 0 Å². The molecule has 1 saturated carbocycles. The van der Waals surface area contributed by atoms with E-state index < -0.39 is 0 Å². The molecule has 0 radical (unpaired) electrons. The van der Waals surface area contributed by atoms with Gasteiger partial charge in [0.1, 0.15) is 11.1 Å². The molecule has 0 aromatic carbocycles. The molecule has 2 rings (SSSR count). The quantitative estimate of drug-likeness (QED) is 0.646. The molecular formula is C16H28N4OS. The second kappa shape index (κ2) is 6.16. The molecule has 1 atom stereocenters. The third kappa shape index (κ3) is 3.13. The SMILES string of the molecule is CN=C(NCc1csc(C(C)OC)n1)NC1C(C)(C)C1(C)C. The monoisotopic (exact) mass is 324 g/mol. The van der Waals surface area contributed by atoms with Gasteiger partial charge in [0, 0.05) is 25.6 Å². The Balaban J connectivity index is 1.89. The Morgan fingerprint density at radius 3 is 2.55 bits per heavy atom. The summed E-state index contributed by atoms with van der Waals surface area (Å²) in [6, 6.07) is 0.436. The number of aliphatic imine (C=N–C) groups is 1. The van der Waals surface area contributed by atoms with Crippen molar-refractivity contribution < 1.29 is 4.74 Å². The summed E-state index contributed by atoms with van der Waals surface area (Å²) in [6.45, 7) is 11.8. The first-order valence-electron chi connectivity index (χ1n) is 7.68. The number of hydrogen-bond donors (Lipinski definition) is 2. The van der Waals surface area contributed by atoms with Crippen molar-refractivity contribution in [1.29, 1.82) is 0 Å². The van der Waals surface area contributed by atoms with Crippen LogP contribution in [0, 0.1) is 10.8 Å². The van der Waals surface area contributed by atoms with Crippen LogP contribution in [0.5, 0.6) is 0 Å². The topological polar surface area (TPSA) is 58.5 Å². The van der Waals surface area contributed by atoms with Crippen molar-refractivity contribution in [1.82, 2.24) is 15.6 Å². The summed E-state index contributed by atoms with van der Waals surface area (Å²) >= 11 is 1.63. The average Bonchev–Trinajstić information content (AvgIpc) is 2.85. The second-order valence-corrected chi connectivity index (χ2v) is 7.89. The van der Waals surface area contributed by atoms with Crippen LogP contribution in [0.15, 0.2) is 10.4 Å². The van der Waals surface area contributed by atoms with Gasteiger partial charge in [-0.1, -0.05) is 27.7 Å². The highest BCUT2D eigenvalue weighted by Crippen LogP contribution is 2.62. The highest BCUT2D eigenvalue weighted by atomic mass is 32.1. The fourth-order valence-corrected chi connectivity index (χ4v) is 3.60. The molecule has 6 heteroatoms. The molecular weight excluding hydrogens is 296 g/mol. The van der Waals surface area contributed by atoms with Crippen LogP contribution >= 0.6 is 11.3 Å². The molecule has 22 heavy (non-hydrogen) atoms. The Bertz CT molecular complexity index is 536. The van der Waals surface area contributed by atoms with E-state index in [1.807, 2.05) is 6.92 Å². The highest BCUT2D eigenvalue weighted by molar-refractivity contribution is 7.09. The zero-order valence-electron chi connectivity index (χ0n) is 14.7. The number of aromatic nitrogens is 1. The van der Waals surface area contributed by atoms with E-state index in [4.69, 9.17) is 4.74 Å². The van der Waals surface area contributed by atoms with E-state index in [9.17, 15) is 0 Å². The Hall–Kier alpha value is -1.14. The zero-order chi connectivity index (χ0) is 16.5. The van der Waals surface area contributed by atoms with E-state index in [-0.39, 0.29) is 16.9 Å². The molecule has 0 spiro atoms. The third-order valence-corrected chi connectivity index (χ3v) is 6.29. The van der Waals surface area contributed by atoms with Crippen molar-refractivity contribution >= 4 is 17.3 Å². The molecule has 124 valence electrons. The molecule has 1 aliphatic carbocycles. The van der Waals surface area contributed by atoms with Crippen LogP contribution < -0.4 is 10.6 Å². The van der Waals surface area contributed by atoms with Crippen LogP contribution in [0.25, 0.3) is 0 Å². The maximum atomic E-state index is 5.29. The minimum atomic E-state index is 0.0456. The van der Waals surface area contributed by atoms with Gasteiger partial charge in [0.25, 0.3) is 0 Å². The number of methoxy groups -OCH3 is 1. The number of nitrogens with zero attached hydrogens (tertiary/aromatic N) is 2. The lowest BCUT2D eigenvalue weighted by molar-refractivity contribution is 0.119. The van der Waals surface area contributed by atoms with Gasteiger partial charge in [-0.25, -0.2) is 4.98 Å². The first kappa shape index (κ1) is 17.2. The molecule has 1 aliphatic rings. The summed E-state index contributed by atoms with van der Waals surface area (Å²) < 4.78 is 5.29. The number of guanidine groups is 1. The van der Waals surface area contributed by atoms with Crippen molar-refractivity contribution in [2.45, 2.75) is 53.3 Å². The summed E-state index contributed by atoms with van der Waals surface area (Å²) in [5.74, 6) is 0.831. The van der Waals surface area contributed by atoms with Crippen LogP contribution in [0.1, 0.15) is 51.4 Å². The molecule has 0 amide bonds. The normalized spacial score (nSPS) is 21.5. The molecule has 0 aliphatic heterocycles. The minimum absolute atomic E-state index is 0.0456.